The van der Waals surface area contributed by atoms with Gasteiger partial charge in [0, 0.05) is 28.1 Å². The number of thiophene rings is 1. The first-order valence-electron chi connectivity index (χ1n) is 11.1. The lowest BCUT2D eigenvalue weighted by molar-refractivity contribution is -0.384. The van der Waals surface area contributed by atoms with Crippen molar-refractivity contribution in [3.63, 3.8) is 0 Å². The van der Waals surface area contributed by atoms with Gasteiger partial charge >= 0.3 is 0 Å². The van der Waals surface area contributed by atoms with E-state index >= 15 is 0 Å². The minimum Gasteiger partial charge on any atom is -0.268 e. The average Bonchev–Trinajstić information content (AvgIpc) is 3.22. The normalized spacial score (nSPS) is 13.2. The molecule has 0 fully saturated rings. The summed E-state index contributed by atoms with van der Waals surface area (Å²) in [5, 5.41) is 15.5. The Labute approximate surface area is 203 Å². The van der Waals surface area contributed by atoms with Crippen LogP contribution >= 0.6 is 11.3 Å². The molecular formula is C25H21N5O4S. The van der Waals surface area contributed by atoms with Gasteiger partial charge < -0.3 is 0 Å². The number of aromatic nitrogens is 2. The number of non-ortho nitro benzene ring substituents is 1. The number of nitro groups is 1. The molecule has 0 aliphatic heterocycles. The van der Waals surface area contributed by atoms with Gasteiger partial charge in [0.25, 0.3) is 17.2 Å². The molecule has 0 bridgehead atoms. The third-order valence-corrected chi connectivity index (χ3v) is 7.17. The lowest BCUT2D eigenvalue weighted by atomic mass is 9.97. The predicted molar refractivity (Wildman–Crippen MR) is 135 cm³/mol. The topological polar surface area (TPSA) is 119 Å². The van der Waals surface area contributed by atoms with Gasteiger partial charge in [-0.2, -0.15) is 5.10 Å². The fourth-order valence-electron chi connectivity index (χ4n) is 4.35. The highest BCUT2D eigenvalue weighted by Crippen LogP contribution is 2.34. The number of carbonyl (C=O) groups is 1. The molecule has 1 aliphatic carbocycles. The van der Waals surface area contributed by atoms with E-state index in [-0.39, 0.29) is 11.2 Å². The van der Waals surface area contributed by atoms with Crippen LogP contribution in [0, 0.1) is 17.0 Å². The zero-order chi connectivity index (χ0) is 24.5. The third kappa shape index (κ3) is 4.35. The number of fused-ring (bicyclic) bond motifs is 3. The molecule has 0 saturated heterocycles. The smallest absolute Gasteiger partial charge is 0.268 e. The van der Waals surface area contributed by atoms with Gasteiger partial charge in [0.05, 0.1) is 22.2 Å². The first kappa shape index (κ1) is 22.6. The number of nitro benzene ring substituents is 1. The third-order valence-electron chi connectivity index (χ3n) is 5.98. The molecular weight excluding hydrogens is 466 g/mol. The molecule has 2 aromatic heterocycles. The van der Waals surface area contributed by atoms with Crippen molar-refractivity contribution >= 4 is 39.4 Å². The van der Waals surface area contributed by atoms with Crippen molar-refractivity contribution in [3.05, 3.63) is 96.4 Å². The number of benzene rings is 2. The maximum atomic E-state index is 13.5. The molecule has 2 aromatic carbocycles. The predicted octanol–water partition coefficient (Wildman–Crippen LogP) is 4.31. The van der Waals surface area contributed by atoms with E-state index in [1.165, 1.54) is 23.2 Å². The van der Waals surface area contributed by atoms with E-state index in [9.17, 15) is 19.7 Å². The average molecular weight is 488 g/mol. The molecule has 9 nitrogen and oxygen atoms in total. The quantitative estimate of drug-likeness (QED) is 0.256. The minimum atomic E-state index is -0.497. The highest BCUT2D eigenvalue weighted by molar-refractivity contribution is 7.18. The molecule has 35 heavy (non-hydrogen) atoms. The Morgan fingerprint density at radius 3 is 2.83 bits per heavy atom. The molecule has 0 atom stereocenters. The number of hydrazone groups is 1. The van der Waals surface area contributed by atoms with Crippen LogP contribution in [0.2, 0.25) is 0 Å². The van der Waals surface area contributed by atoms with E-state index in [0.29, 0.717) is 28.0 Å². The fourth-order valence-corrected chi connectivity index (χ4v) is 5.64. The van der Waals surface area contributed by atoms with Gasteiger partial charge in [0.1, 0.15) is 10.7 Å². The van der Waals surface area contributed by atoms with E-state index < -0.39 is 10.8 Å². The summed E-state index contributed by atoms with van der Waals surface area (Å²) in [6, 6.07) is 12.6. The Balaban J connectivity index is 1.43. The molecule has 1 amide bonds. The molecule has 1 aliphatic rings. The van der Waals surface area contributed by atoms with Gasteiger partial charge in [-0.3, -0.25) is 24.3 Å². The van der Waals surface area contributed by atoms with E-state index in [1.54, 1.807) is 59.2 Å². The SMILES string of the molecule is Cc1nc2sc3c(c2c(=O)n1-c1cccc(C(=O)N/N=C/c2cccc([N+](=O)[O-])c2)c1)CCCC3. The summed E-state index contributed by atoms with van der Waals surface area (Å²) >= 11 is 1.61. The van der Waals surface area contributed by atoms with E-state index in [4.69, 9.17) is 4.98 Å². The van der Waals surface area contributed by atoms with Gasteiger partial charge in [-0.25, -0.2) is 10.4 Å². The van der Waals surface area contributed by atoms with Crippen LogP contribution in [-0.2, 0) is 12.8 Å². The number of hydrogen-bond donors (Lipinski definition) is 1. The Morgan fingerprint density at radius 2 is 2.00 bits per heavy atom. The standard InChI is InChI=1S/C25H21N5O4S/c1-15-27-24-22(20-10-2-3-11-21(20)35-24)25(32)29(15)18-8-5-7-17(13-18)23(31)28-26-14-16-6-4-9-19(12-16)30(33)34/h4-9,12-14H,2-3,10-11H2,1H3,(H,28,31)/b26-14+. The van der Waals surface area contributed by atoms with Gasteiger partial charge in [0.15, 0.2) is 0 Å². The Bertz CT molecular complexity index is 1570. The van der Waals surface area contributed by atoms with Gasteiger partial charge in [-0.15, -0.1) is 11.3 Å². The molecule has 1 N–H and O–H groups in total. The van der Waals surface area contributed by atoms with Gasteiger partial charge in [0.2, 0.25) is 0 Å². The summed E-state index contributed by atoms with van der Waals surface area (Å²) in [4.78, 5) is 43.4. The monoisotopic (exact) mass is 487 g/mol. The number of carbonyl (C=O) groups excluding carboxylic acids is 1. The number of aryl methyl sites for hydroxylation is 3. The van der Waals surface area contributed by atoms with Crippen molar-refractivity contribution < 1.29 is 9.72 Å². The van der Waals surface area contributed by atoms with Crippen LogP contribution in [0.3, 0.4) is 0 Å². The molecule has 176 valence electrons. The zero-order valence-corrected chi connectivity index (χ0v) is 19.7. The lowest BCUT2D eigenvalue weighted by Gasteiger charge is -2.12. The van der Waals surface area contributed by atoms with E-state index in [2.05, 4.69) is 10.5 Å². The van der Waals surface area contributed by atoms with Crippen molar-refractivity contribution in [2.24, 2.45) is 5.10 Å². The van der Waals surface area contributed by atoms with Crippen molar-refractivity contribution in [1.29, 1.82) is 0 Å². The van der Waals surface area contributed by atoms with Crippen LogP contribution in [-0.4, -0.2) is 26.6 Å². The maximum absolute atomic E-state index is 13.5. The van der Waals surface area contributed by atoms with E-state index in [1.807, 2.05) is 0 Å². The highest BCUT2D eigenvalue weighted by atomic mass is 32.1. The van der Waals surface area contributed by atoms with Crippen LogP contribution in [0.15, 0.2) is 58.4 Å². The maximum Gasteiger partial charge on any atom is 0.271 e. The molecule has 2 heterocycles. The molecule has 5 rings (SSSR count). The molecule has 10 heteroatoms. The largest absolute Gasteiger partial charge is 0.271 e. The second kappa shape index (κ2) is 9.22. The Hall–Kier alpha value is -4.18. The van der Waals surface area contributed by atoms with Crippen LogP contribution in [0.4, 0.5) is 5.69 Å². The summed E-state index contributed by atoms with van der Waals surface area (Å²) in [6.07, 6.45) is 5.41. The number of amides is 1. The van der Waals surface area contributed by atoms with Crippen LogP contribution in [0.25, 0.3) is 15.9 Å². The molecule has 0 spiro atoms. The second-order valence-electron chi connectivity index (χ2n) is 8.29. The summed E-state index contributed by atoms with van der Waals surface area (Å²) in [6.45, 7) is 1.79. The fraction of sp³-hybridized carbons (Fsp3) is 0.200. The summed E-state index contributed by atoms with van der Waals surface area (Å²) in [7, 11) is 0. The number of rotatable bonds is 5. The van der Waals surface area contributed by atoms with Crippen LogP contribution in [0.1, 0.15) is 45.0 Å². The second-order valence-corrected chi connectivity index (χ2v) is 9.38. The van der Waals surface area contributed by atoms with Gasteiger partial charge in [-0.05, 0) is 56.4 Å². The first-order chi connectivity index (χ1) is 16.9. The van der Waals surface area contributed by atoms with Crippen molar-refractivity contribution in [1.82, 2.24) is 15.0 Å². The Kier molecular flexibility index (Phi) is 5.96. The first-order valence-corrected chi connectivity index (χ1v) is 12.0. The number of nitrogens with zero attached hydrogens (tertiary/aromatic N) is 4. The minimum absolute atomic E-state index is 0.0637. The van der Waals surface area contributed by atoms with E-state index in [0.717, 1.165) is 36.1 Å². The summed E-state index contributed by atoms with van der Waals surface area (Å²) < 4.78 is 1.55. The van der Waals surface area contributed by atoms with Gasteiger partial charge in [-0.1, -0.05) is 18.2 Å². The van der Waals surface area contributed by atoms with Crippen molar-refractivity contribution in [3.8, 4) is 5.69 Å². The number of nitrogens with one attached hydrogen (secondary N) is 1. The molecule has 0 unspecified atom stereocenters. The number of hydrogen-bond acceptors (Lipinski definition) is 7. The molecule has 0 radical (unpaired) electrons. The lowest BCUT2D eigenvalue weighted by Crippen LogP contribution is -2.23. The van der Waals surface area contributed by atoms with Crippen LogP contribution in [0.5, 0.6) is 0 Å². The van der Waals surface area contributed by atoms with Crippen molar-refractivity contribution in [2.45, 2.75) is 32.6 Å². The highest BCUT2D eigenvalue weighted by Gasteiger charge is 2.22. The van der Waals surface area contributed by atoms with Crippen molar-refractivity contribution in [2.75, 3.05) is 0 Å². The Morgan fingerprint density at radius 1 is 1.20 bits per heavy atom. The summed E-state index contributed by atoms with van der Waals surface area (Å²) in [5.41, 5.74) is 4.71. The molecule has 4 aromatic rings. The zero-order valence-electron chi connectivity index (χ0n) is 18.9. The van der Waals surface area contributed by atoms with Crippen LogP contribution < -0.4 is 11.0 Å². The summed E-state index contributed by atoms with van der Waals surface area (Å²) in [5.74, 6) is 0.0866. The molecule has 0 saturated carbocycles.